The van der Waals surface area contributed by atoms with Crippen LogP contribution in [0.15, 0.2) is 21.0 Å². The van der Waals surface area contributed by atoms with E-state index < -0.39 is 0 Å². The second-order valence-electron chi connectivity index (χ2n) is 4.47. The summed E-state index contributed by atoms with van der Waals surface area (Å²) in [5.74, 6) is 6.70. The second-order valence-corrected chi connectivity index (χ2v) is 5.45. The molecule has 2 heterocycles. The standard InChI is InChI=1S/C12H19N7OS/c1-3-5-8-14-9(16-13)7-10(15-8)21-12-18-17-11(20)19(12)6-4-2/h7H,3-6,13H2,1-2H3,(H,17,20)(H,14,15,16). The summed E-state index contributed by atoms with van der Waals surface area (Å²) in [4.78, 5) is 20.4. The van der Waals surface area contributed by atoms with Crippen LogP contribution in [0.2, 0.25) is 0 Å². The van der Waals surface area contributed by atoms with Crippen molar-refractivity contribution in [3.05, 3.63) is 22.4 Å². The predicted octanol–water partition coefficient (Wildman–Crippen LogP) is 1.16. The minimum Gasteiger partial charge on any atom is -0.308 e. The molecule has 0 aromatic carbocycles. The number of anilines is 1. The van der Waals surface area contributed by atoms with Crippen LogP contribution in [-0.4, -0.2) is 24.7 Å². The van der Waals surface area contributed by atoms with Gasteiger partial charge in [0.2, 0.25) is 0 Å². The van der Waals surface area contributed by atoms with Crippen molar-refractivity contribution in [3.8, 4) is 0 Å². The maximum Gasteiger partial charge on any atom is 0.343 e. The van der Waals surface area contributed by atoms with Gasteiger partial charge in [-0.2, -0.15) is 0 Å². The van der Waals surface area contributed by atoms with E-state index in [4.69, 9.17) is 5.84 Å². The van der Waals surface area contributed by atoms with Gasteiger partial charge in [-0.05, 0) is 24.6 Å². The Kier molecular flexibility index (Phi) is 5.34. The first-order valence-corrected chi connectivity index (χ1v) is 7.67. The molecule has 21 heavy (non-hydrogen) atoms. The lowest BCUT2D eigenvalue weighted by Crippen LogP contribution is -2.17. The van der Waals surface area contributed by atoms with Crippen LogP contribution in [-0.2, 0) is 13.0 Å². The number of hydrogen-bond donors (Lipinski definition) is 3. The molecule has 0 aliphatic rings. The Balaban J connectivity index is 2.30. The molecule has 0 unspecified atom stereocenters. The van der Waals surface area contributed by atoms with E-state index in [1.807, 2.05) is 6.92 Å². The minimum atomic E-state index is -0.209. The quantitative estimate of drug-likeness (QED) is 0.399. The number of rotatable bonds is 7. The van der Waals surface area contributed by atoms with Crippen LogP contribution in [0.1, 0.15) is 32.5 Å². The molecular weight excluding hydrogens is 290 g/mol. The molecule has 0 aliphatic carbocycles. The Bertz CT molecular complexity index is 651. The lowest BCUT2D eigenvalue weighted by molar-refractivity contribution is 0.603. The molecule has 9 heteroatoms. The van der Waals surface area contributed by atoms with Crippen LogP contribution in [0.4, 0.5) is 5.82 Å². The Morgan fingerprint density at radius 3 is 2.86 bits per heavy atom. The van der Waals surface area contributed by atoms with Gasteiger partial charge < -0.3 is 5.43 Å². The Labute approximate surface area is 126 Å². The number of aryl methyl sites for hydroxylation is 1. The summed E-state index contributed by atoms with van der Waals surface area (Å²) in [6.07, 6.45) is 2.57. The van der Waals surface area contributed by atoms with Gasteiger partial charge in [0.15, 0.2) is 5.16 Å². The number of H-pyrrole nitrogens is 1. The summed E-state index contributed by atoms with van der Waals surface area (Å²) in [5.41, 5.74) is 2.33. The first-order valence-electron chi connectivity index (χ1n) is 6.85. The molecule has 0 bridgehead atoms. The number of nitrogen functional groups attached to an aromatic ring is 1. The van der Waals surface area contributed by atoms with Crippen molar-refractivity contribution in [1.29, 1.82) is 0 Å². The topological polar surface area (TPSA) is 115 Å². The second kappa shape index (κ2) is 7.23. The van der Waals surface area contributed by atoms with Crippen molar-refractivity contribution >= 4 is 17.6 Å². The van der Waals surface area contributed by atoms with Gasteiger partial charge in [0.05, 0.1) is 0 Å². The van der Waals surface area contributed by atoms with Crippen LogP contribution < -0.4 is 17.0 Å². The van der Waals surface area contributed by atoms with Gasteiger partial charge in [-0.3, -0.25) is 4.57 Å². The normalized spacial score (nSPS) is 10.8. The van der Waals surface area contributed by atoms with Gasteiger partial charge in [-0.1, -0.05) is 13.8 Å². The summed E-state index contributed by atoms with van der Waals surface area (Å²) >= 11 is 1.32. The van der Waals surface area contributed by atoms with E-state index in [-0.39, 0.29) is 5.69 Å². The molecule has 114 valence electrons. The highest BCUT2D eigenvalue weighted by Gasteiger charge is 2.12. The van der Waals surface area contributed by atoms with Crippen molar-refractivity contribution in [2.24, 2.45) is 5.84 Å². The summed E-state index contributed by atoms with van der Waals surface area (Å²) in [6, 6.07) is 1.74. The number of hydrogen-bond acceptors (Lipinski definition) is 7. The van der Waals surface area contributed by atoms with Crippen LogP contribution in [0.25, 0.3) is 0 Å². The average molecular weight is 309 g/mol. The van der Waals surface area contributed by atoms with Gasteiger partial charge in [-0.25, -0.2) is 25.7 Å². The molecule has 0 atom stereocenters. The highest BCUT2D eigenvalue weighted by Crippen LogP contribution is 2.25. The summed E-state index contributed by atoms with van der Waals surface area (Å²) in [7, 11) is 0. The highest BCUT2D eigenvalue weighted by atomic mass is 32.2. The molecular formula is C12H19N7OS. The smallest absolute Gasteiger partial charge is 0.308 e. The molecule has 0 saturated heterocycles. The minimum absolute atomic E-state index is 0.209. The number of aromatic amines is 1. The Morgan fingerprint density at radius 1 is 1.38 bits per heavy atom. The molecule has 2 rings (SSSR count). The molecule has 0 aliphatic heterocycles. The lowest BCUT2D eigenvalue weighted by atomic mass is 10.3. The third-order valence-electron chi connectivity index (χ3n) is 2.74. The van der Waals surface area contributed by atoms with Gasteiger partial charge >= 0.3 is 5.69 Å². The van der Waals surface area contributed by atoms with Gasteiger partial charge in [0.1, 0.15) is 16.7 Å². The van der Waals surface area contributed by atoms with Crippen LogP contribution >= 0.6 is 11.8 Å². The van der Waals surface area contributed by atoms with Gasteiger partial charge in [-0.15, -0.1) is 5.10 Å². The summed E-state index contributed by atoms with van der Waals surface area (Å²) in [5, 5.41) is 7.80. The van der Waals surface area contributed by atoms with E-state index >= 15 is 0 Å². The zero-order chi connectivity index (χ0) is 15.2. The van der Waals surface area contributed by atoms with Crippen LogP contribution in [0.3, 0.4) is 0 Å². The van der Waals surface area contributed by atoms with Gasteiger partial charge in [0, 0.05) is 19.0 Å². The van der Waals surface area contributed by atoms with E-state index in [0.29, 0.717) is 22.5 Å². The van der Waals surface area contributed by atoms with E-state index in [1.54, 1.807) is 10.6 Å². The van der Waals surface area contributed by atoms with E-state index in [0.717, 1.165) is 25.1 Å². The molecule has 2 aromatic rings. The third kappa shape index (κ3) is 3.82. The fourth-order valence-electron chi connectivity index (χ4n) is 1.83. The Morgan fingerprint density at radius 2 is 2.19 bits per heavy atom. The average Bonchev–Trinajstić information content (AvgIpc) is 2.81. The van der Waals surface area contributed by atoms with E-state index in [2.05, 4.69) is 32.5 Å². The molecule has 2 aromatic heterocycles. The van der Waals surface area contributed by atoms with Crippen molar-refractivity contribution in [3.63, 3.8) is 0 Å². The monoisotopic (exact) mass is 309 g/mol. The fraction of sp³-hybridized carbons (Fsp3) is 0.500. The number of aromatic nitrogens is 5. The van der Waals surface area contributed by atoms with Crippen molar-refractivity contribution < 1.29 is 0 Å². The number of nitrogens with one attached hydrogen (secondary N) is 2. The van der Waals surface area contributed by atoms with Crippen molar-refractivity contribution in [2.45, 2.75) is 49.8 Å². The van der Waals surface area contributed by atoms with Crippen LogP contribution in [0, 0.1) is 0 Å². The highest BCUT2D eigenvalue weighted by molar-refractivity contribution is 7.99. The molecule has 0 radical (unpaired) electrons. The number of nitrogens with zero attached hydrogens (tertiary/aromatic N) is 4. The lowest BCUT2D eigenvalue weighted by Gasteiger charge is -2.07. The number of hydrazine groups is 1. The van der Waals surface area contributed by atoms with Crippen LogP contribution in [0.5, 0.6) is 0 Å². The largest absolute Gasteiger partial charge is 0.343 e. The fourth-order valence-corrected chi connectivity index (χ4v) is 2.71. The third-order valence-corrected chi connectivity index (χ3v) is 3.65. The predicted molar refractivity (Wildman–Crippen MR) is 81.1 cm³/mol. The summed E-state index contributed by atoms with van der Waals surface area (Å²) in [6.45, 7) is 4.69. The zero-order valence-electron chi connectivity index (χ0n) is 12.1. The molecule has 0 amide bonds. The van der Waals surface area contributed by atoms with Crippen molar-refractivity contribution in [1.82, 2.24) is 24.7 Å². The first kappa shape index (κ1) is 15.5. The number of nitrogens with two attached hydrogens (primary N) is 1. The molecule has 0 fully saturated rings. The van der Waals surface area contributed by atoms with E-state index in [1.165, 1.54) is 11.8 Å². The molecule has 8 nitrogen and oxygen atoms in total. The van der Waals surface area contributed by atoms with Crippen molar-refractivity contribution in [2.75, 3.05) is 5.43 Å². The van der Waals surface area contributed by atoms with E-state index in [9.17, 15) is 4.79 Å². The molecule has 0 saturated carbocycles. The molecule has 0 spiro atoms. The first-order chi connectivity index (χ1) is 10.2. The maximum atomic E-state index is 11.7. The van der Waals surface area contributed by atoms with Gasteiger partial charge in [0.25, 0.3) is 0 Å². The SMILES string of the molecule is CCCc1nc(NN)cc(Sc2n[nH]c(=O)n2CCC)n1. The summed E-state index contributed by atoms with van der Waals surface area (Å²) < 4.78 is 1.60. The molecule has 4 N–H and O–H groups in total. The maximum absolute atomic E-state index is 11.7. The Hall–Kier alpha value is -1.87. The zero-order valence-corrected chi connectivity index (χ0v) is 12.9.